The van der Waals surface area contributed by atoms with Crippen molar-refractivity contribution < 1.29 is 9.90 Å². The summed E-state index contributed by atoms with van der Waals surface area (Å²) >= 11 is 0. The maximum Gasteiger partial charge on any atom is 0.341 e. The molecule has 3 rings (SSSR count). The summed E-state index contributed by atoms with van der Waals surface area (Å²) in [4.78, 5) is 28.7. The highest BCUT2D eigenvalue weighted by Gasteiger charge is 2.12. The van der Waals surface area contributed by atoms with Crippen LogP contribution >= 0.6 is 0 Å². The molecule has 0 bridgehead atoms. The molecule has 2 heterocycles. The molecule has 5 nitrogen and oxygen atoms in total. The molecule has 0 spiro atoms. The fourth-order valence-electron chi connectivity index (χ4n) is 1.98. The summed E-state index contributed by atoms with van der Waals surface area (Å²) in [5.41, 5.74) is 0.713. The Hall–Kier alpha value is -2.56. The Kier molecular flexibility index (Phi) is 1.82. The summed E-state index contributed by atoms with van der Waals surface area (Å²) in [7, 11) is 0. The third-order valence-corrected chi connectivity index (χ3v) is 2.81. The van der Waals surface area contributed by atoms with Crippen molar-refractivity contribution in [2.45, 2.75) is 0 Å². The van der Waals surface area contributed by atoms with E-state index >= 15 is 0 Å². The monoisotopic (exact) mass is 228 g/mol. The Morgan fingerprint density at radius 2 is 1.94 bits per heavy atom. The lowest BCUT2D eigenvalue weighted by atomic mass is 10.1. The van der Waals surface area contributed by atoms with Gasteiger partial charge in [0.1, 0.15) is 5.56 Å². The molecule has 0 aliphatic carbocycles. The number of carboxylic acids is 1. The number of nitrogens with one attached hydrogen (secondary N) is 2. The highest BCUT2D eigenvalue weighted by Crippen LogP contribution is 2.20. The molecule has 84 valence electrons. The minimum Gasteiger partial charge on any atom is -0.477 e. The predicted molar refractivity (Wildman–Crippen MR) is 63.4 cm³/mol. The van der Waals surface area contributed by atoms with Crippen molar-refractivity contribution >= 4 is 27.8 Å². The van der Waals surface area contributed by atoms with E-state index < -0.39 is 11.4 Å². The molecule has 0 radical (unpaired) electrons. The standard InChI is InChI=1S/C12H8N2O3/c15-11-7-2-1-6-3-4-13-9(6)10(7)14-5-8(11)12(16)17/h1-5,13H,(H,14,15)(H,16,17). The van der Waals surface area contributed by atoms with Crippen molar-refractivity contribution in [1.82, 2.24) is 9.97 Å². The Bertz CT molecular complexity index is 798. The van der Waals surface area contributed by atoms with E-state index in [1.165, 1.54) is 6.20 Å². The van der Waals surface area contributed by atoms with Gasteiger partial charge in [-0.2, -0.15) is 0 Å². The van der Waals surface area contributed by atoms with E-state index in [1.54, 1.807) is 18.3 Å². The molecule has 0 atom stereocenters. The molecular weight excluding hydrogens is 220 g/mol. The zero-order valence-electron chi connectivity index (χ0n) is 8.65. The smallest absolute Gasteiger partial charge is 0.341 e. The fourth-order valence-corrected chi connectivity index (χ4v) is 1.98. The summed E-state index contributed by atoms with van der Waals surface area (Å²) in [5.74, 6) is -1.22. The van der Waals surface area contributed by atoms with Crippen LogP contribution in [-0.4, -0.2) is 21.0 Å². The third-order valence-electron chi connectivity index (χ3n) is 2.81. The minimum atomic E-state index is -1.22. The topological polar surface area (TPSA) is 85.9 Å². The maximum atomic E-state index is 11.9. The maximum absolute atomic E-state index is 11.9. The molecule has 0 unspecified atom stereocenters. The molecule has 5 heteroatoms. The second-order valence-electron chi connectivity index (χ2n) is 3.77. The van der Waals surface area contributed by atoms with Gasteiger partial charge in [-0.1, -0.05) is 6.07 Å². The van der Waals surface area contributed by atoms with Crippen LogP contribution in [0.25, 0.3) is 21.8 Å². The summed E-state index contributed by atoms with van der Waals surface area (Å²) in [6.07, 6.45) is 3.00. The van der Waals surface area contributed by atoms with Gasteiger partial charge < -0.3 is 15.1 Å². The van der Waals surface area contributed by atoms with E-state index in [0.29, 0.717) is 10.9 Å². The van der Waals surface area contributed by atoms with Crippen LogP contribution in [0.5, 0.6) is 0 Å². The molecule has 0 aliphatic rings. The summed E-state index contributed by atoms with van der Waals surface area (Å²) in [6.45, 7) is 0. The first-order valence-corrected chi connectivity index (χ1v) is 5.03. The van der Waals surface area contributed by atoms with Gasteiger partial charge in [0.2, 0.25) is 5.43 Å². The quantitative estimate of drug-likeness (QED) is 0.592. The molecule has 0 fully saturated rings. The number of aromatic carboxylic acids is 1. The van der Waals surface area contributed by atoms with Crippen LogP contribution in [0.1, 0.15) is 10.4 Å². The Labute approximate surface area is 94.7 Å². The van der Waals surface area contributed by atoms with Gasteiger partial charge in [0.05, 0.1) is 11.0 Å². The Morgan fingerprint density at radius 3 is 2.71 bits per heavy atom. The van der Waals surface area contributed by atoms with Crippen LogP contribution in [0, 0.1) is 0 Å². The van der Waals surface area contributed by atoms with Crippen LogP contribution in [0.15, 0.2) is 35.4 Å². The molecule has 1 aromatic carbocycles. The van der Waals surface area contributed by atoms with Crippen molar-refractivity contribution in [3.8, 4) is 0 Å². The van der Waals surface area contributed by atoms with Gasteiger partial charge in [0.15, 0.2) is 0 Å². The van der Waals surface area contributed by atoms with Gasteiger partial charge in [0, 0.05) is 23.2 Å². The van der Waals surface area contributed by atoms with Crippen molar-refractivity contribution in [2.24, 2.45) is 0 Å². The lowest BCUT2D eigenvalue weighted by molar-refractivity contribution is 0.0695. The number of benzene rings is 1. The second kappa shape index (κ2) is 3.21. The number of aromatic nitrogens is 2. The highest BCUT2D eigenvalue weighted by molar-refractivity contribution is 6.04. The number of hydrogen-bond donors (Lipinski definition) is 3. The van der Waals surface area contributed by atoms with E-state index in [-0.39, 0.29) is 5.56 Å². The molecule has 3 aromatic rings. The van der Waals surface area contributed by atoms with E-state index in [9.17, 15) is 9.59 Å². The van der Waals surface area contributed by atoms with E-state index in [1.807, 2.05) is 6.07 Å². The highest BCUT2D eigenvalue weighted by atomic mass is 16.4. The van der Waals surface area contributed by atoms with Crippen LogP contribution in [-0.2, 0) is 0 Å². The molecule has 2 aromatic heterocycles. The lowest BCUT2D eigenvalue weighted by Crippen LogP contribution is -2.15. The van der Waals surface area contributed by atoms with Crippen molar-refractivity contribution in [1.29, 1.82) is 0 Å². The summed E-state index contributed by atoms with van der Waals surface area (Å²) < 4.78 is 0. The number of H-pyrrole nitrogens is 2. The molecule has 0 saturated heterocycles. The predicted octanol–water partition coefficient (Wildman–Crippen LogP) is 1.71. The number of carbonyl (C=O) groups is 1. The van der Waals surface area contributed by atoms with Gasteiger partial charge >= 0.3 is 5.97 Å². The molecule has 0 saturated carbocycles. The van der Waals surface area contributed by atoms with Crippen molar-refractivity contribution in [3.63, 3.8) is 0 Å². The third kappa shape index (κ3) is 1.25. The van der Waals surface area contributed by atoms with Crippen LogP contribution < -0.4 is 5.43 Å². The lowest BCUT2D eigenvalue weighted by Gasteiger charge is -2.01. The Morgan fingerprint density at radius 1 is 1.12 bits per heavy atom. The summed E-state index contributed by atoms with van der Waals surface area (Å²) in [6, 6.07) is 5.31. The minimum absolute atomic E-state index is 0.247. The average molecular weight is 228 g/mol. The van der Waals surface area contributed by atoms with E-state index in [0.717, 1.165) is 10.9 Å². The fraction of sp³-hybridized carbons (Fsp3) is 0. The zero-order valence-corrected chi connectivity index (χ0v) is 8.65. The van der Waals surface area contributed by atoms with Gasteiger partial charge in [-0.3, -0.25) is 4.79 Å². The molecule has 0 aliphatic heterocycles. The number of pyridine rings is 1. The van der Waals surface area contributed by atoms with Crippen LogP contribution in [0.3, 0.4) is 0 Å². The van der Waals surface area contributed by atoms with Crippen molar-refractivity contribution in [3.05, 3.63) is 46.4 Å². The molecule has 17 heavy (non-hydrogen) atoms. The van der Waals surface area contributed by atoms with Crippen LogP contribution in [0.2, 0.25) is 0 Å². The molecular formula is C12H8N2O3. The molecule has 3 N–H and O–H groups in total. The first kappa shape index (κ1) is 9.65. The number of hydrogen-bond acceptors (Lipinski definition) is 2. The second-order valence-corrected chi connectivity index (χ2v) is 3.77. The SMILES string of the molecule is O=C(O)c1c[nH]c2c(ccc3cc[nH]c32)c1=O. The van der Waals surface area contributed by atoms with Gasteiger partial charge in [-0.25, -0.2) is 4.79 Å². The van der Waals surface area contributed by atoms with Crippen LogP contribution in [0.4, 0.5) is 0 Å². The average Bonchev–Trinajstić information content (AvgIpc) is 2.77. The first-order valence-electron chi connectivity index (χ1n) is 5.03. The van der Waals surface area contributed by atoms with Gasteiger partial charge in [-0.05, 0) is 12.1 Å². The summed E-state index contributed by atoms with van der Waals surface area (Å²) in [5, 5.41) is 10.2. The van der Waals surface area contributed by atoms with E-state index in [2.05, 4.69) is 9.97 Å². The van der Waals surface area contributed by atoms with Gasteiger partial charge in [-0.15, -0.1) is 0 Å². The molecule has 0 amide bonds. The zero-order chi connectivity index (χ0) is 12.0. The van der Waals surface area contributed by atoms with Crippen molar-refractivity contribution in [2.75, 3.05) is 0 Å². The number of fused-ring (bicyclic) bond motifs is 3. The van der Waals surface area contributed by atoms with Gasteiger partial charge in [0.25, 0.3) is 0 Å². The Balaban J connectivity index is 2.53. The van der Waals surface area contributed by atoms with E-state index in [4.69, 9.17) is 5.11 Å². The first-order chi connectivity index (χ1) is 8.18. The number of carboxylic acid groups (broad SMARTS) is 1. The normalized spacial score (nSPS) is 11.1. The number of rotatable bonds is 1. The largest absolute Gasteiger partial charge is 0.477 e. The number of aromatic amines is 2.